The van der Waals surface area contributed by atoms with Crippen LogP contribution < -0.4 is 10.1 Å². The van der Waals surface area contributed by atoms with E-state index in [-0.39, 0.29) is 6.10 Å². The second kappa shape index (κ2) is 6.94. The van der Waals surface area contributed by atoms with Crippen LogP contribution in [0.3, 0.4) is 0 Å². The van der Waals surface area contributed by atoms with Crippen molar-refractivity contribution in [2.24, 2.45) is 0 Å². The van der Waals surface area contributed by atoms with E-state index in [9.17, 15) is 0 Å². The van der Waals surface area contributed by atoms with Gasteiger partial charge in [-0.1, -0.05) is 17.7 Å². The Kier molecular flexibility index (Phi) is 5.25. The second-order valence-electron chi connectivity index (χ2n) is 4.55. The van der Waals surface area contributed by atoms with Crippen molar-refractivity contribution in [1.82, 2.24) is 5.32 Å². The van der Waals surface area contributed by atoms with Crippen LogP contribution in [-0.4, -0.2) is 12.6 Å². The van der Waals surface area contributed by atoms with E-state index in [0.29, 0.717) is 0 Å². The first-order chi connectivity index (χ1) is 9.15. The summed E-state index contributed by atoms with van der Waals surface area (Å²) < 4.78 is 5.90. The van der Waals surface area contributed by atoms with Gasteiger partial charge in [0.05, 0.1) is 0 Å². The molecule has 0 spiro atoms. The zero-order chi connectivity index (χ0) is 13.7. The van der Waals surface area contributed by atoms with Crippen LogP contribution in [0, 0.1) is 6.92 Å². The van der Waals surface area contributed by atoms with Gasteiger partial charge in [0.2, 0.25) is 0 Å². The maximum Gasteiger partial charge on any atom is 0.122 e. The van der Waals surface area contributed by atoms with Crippen LogP contribution in [0.5, 0.6) is 5.75 Å². The largest absolute Gasteiger partial charge is 0.489 e. The highest BCUT2D eigenvalue weighted by atomic mass is 35.5. The fraction of sp³-hybridized carbons (Fsp3) is 0.333. The van der Waals surface area contributed by atoms with E-state index >= 15 is 0 Å². The highest BCUT2D eigenvalue weighted by Gasteiger charge is 2.06. The predicted molar refractivity (Wildman–Crippen MR) is 82.3 cm³/mol. The van der Waals surface area contributed by atoms with Crippen molar-refractivity contribution in [2.75, 3.05) is 6.54 Å². The Morgan fingerprint density at radius 2 is 2.21 bits per heavy atom. The average molecular weight is 296 g/mol. The number of hydrogen-bond donors (Lipinski definition) is 1. The first-order valence-electron chi connectivity index (χ1n) is 6.31. The summed E-state index contributed by atoms with van der Waals surface area (Å²) in [5.74, 6) is 0.898. The Bertz CT molecular complexity index is 513. The summed E-state index contributed by atoms with van der Waals surface area (Å²) in [6.45, 7) is 5.79. The van der Waals surface area contributed by atoms with Gasteiger partial charge in [0.15, 0.2) is 0 Å². The monoisotopic (exact) mass is 295 g/mol. The number of thiophene rings is 1. The van der Waals surface area contributed by atoms with E-state index in [1.54, 1.807) is 11.3 Å². The van der Waals surface area contributed by atoms with Crippen molar-refractivity contribution < 1.29 is 4.74 Å². The fourth-order valence-electron chi connectivity index (χ4n) is 1.82. The van der Waals surface area contributed by atoms with Crippen molar-refractivity contribution in [2.45, 2.75) is 26.5 Å². The molecular weight excluding hydrogens is 278 g/mol. The Morgan fingerprint density at radius 1 is 1.37 bits per heavy atom. The van der Waals surface area contributed by atoms with Gasteiger partial charge in [-0.2, -0.15) is 0 Å². The minimum absolute atomic E-state index is 0.125. The Hall–Kier alpha value is -1.03. The molecule has 2 aromatic rings. The highest BCUT2D eigenvalue weighted by Crippen LogP contribution is 2.22. The van der Waals surface area contributed by atoms with E-state index in [1.165, 1.54) is 4.88 Å². The molecular formula is C15H18ClNOS. The topological polar surface area (TPSA) is 21.3 Å². The van der Waals surface area contributed by atoms with Crippen molar-refractivity contribution in [1.29, 1.82) is 0 Å². The van der Waals surface area contributed by atoms with Gasteiger partial charge in [-0.15, -0.1) is 11.3 Å². The number of halogens is 1. The molecule has 0 aliphatic heterocycles. The average Bonchev–Trinajstić information content (AvgIpc) is 2.86. The summed E-state index contributed by atoms with van der Waals surface area (Å²) in [5, 5.41) is 6.23. The number of nitrogens with one attached hydrogen (secondary N) is 1. The van der Waals surface area contributed by atoms with Crippen LogP contribution in [0.1, 0.15) is 17.4 Å². The molecule has 0 radical (unpaired) electrons. The molecule has 1 heterocycles. The third-order valence-electron chi connectivity index (χ3n) is 2.78. The molecule has 2 nitrogen and oxygen atoms in total. The molecule has 1 aromatic carbocycles. The van der Waals surface area contributed by atoms with Crippen LogP contribution >= 0.6 is 22.9 Å². The lowest BCUT2D eigenvalue weighted by Gasteiger charge is -2.17. The quantitative estimate of drug-likeness (QED) is 0.859. The number of hydrogen-bond acceptors (Lipinski definition) is 3. The lowest BCUT2D eigenvalue weighted by molar-refractivity contribution is 0.215. The van der Waals surface area contributed by atoms with Crippen molar-refractivity contribution in [3.05, 3.63) is 51.2 Å². The number of aryl methyl sites for hydroxylation is 1. The number of benzene rings is 1. The lowest BCUT2D eigenvalue weighted by atomic mass is 10.2. The van der Waals surface area contributed by atoms with Crippen molar-refractivity contribution in [3.8, 4) is 5.75 Å². The van der Waals surface area contributed by atoms with Crippen LogP contribution in [0.25, 0.3) is 0 Å². The van der Waals surface area contributed by atoms with Crippen molar-refractivity contribution >= 4 is 22.9 Å². The molecule has 0 bridgehead atoms. The maximum atomic E-state index is 5.93. The number of rotatable bonds is 6. The van der Waals surface area contributed by atoms with Gasteiger partial charge >= 0.3 is 0 Å². The van der Waals surface area contributed by atoms with Gasteiger partial charge in [-0.05, 0) is 49.1 Å². The van der Waals surface area contributed by atoms with Gasteiger partial charge in [-0.3, -0.25) is 0 Å². The van der Waals surface area contributed by atoms with Gasteiger partial charge < -0.3 is 10.1 Å². The molecule has 0 saturated heterocycles. The predicted octanol–water partition coefficient (Wildman–Crippen LogP) is 4.27. The smallest absolute Gasteiger partial charge is 0.122 e. The Morgan fingerprint density at radius 3 is 2.89 bits per heavy atom. The zero-order valence-corrected chi connectivity index (χ0v) is 12.7. The molecule has 0 aliphatic rings. The first-order valence-corrected chi connectivity index (χ1v) is 7.57. The minimum Gasteiger partial charge on any atom is -0.489 e. The van der Waals surface area contributed by atoms with E-state index < -0.39 is 0 Å². The summed E-state index contributed by atoms with van der Waals surface area (Å²) in [5.41, 5.74) is 1.07. The maximum absolute atomic E-state index is 5.93. The van der Waals surface area contributed by atoms with Crippen LogP contribution in [0.15, 0.2) is 35.7 Å². The molecule has 2 rings (SSSR count). The molecule has 1 aromatic heterocycles. The Balaban J connectivity index is 1.79. The molecule has 1 unspecified atom stereocenters. The lowest BCUT2D eigenvalue weighted by Crippen LogP contribution is -2.28. The molecule has 0 fully saturated rings. The molecule has 0 aliphatic carbocycles. The molecule has 1 N–H and O–H groups in total. The van der Waals surface area contributed by atoms with Crippen LogP contribution in [0.4, 0.5) is 0 Å². The molecule has 4 heteroatoms. The van der Waals surface area contributed by atoms with E-state index in [1.807, 2.05) is 25.1 Å². The zero-order valence-electron chi connectivity index (χ0n) is 11.2. The summed E-state index contributed by atoms with van der Waals surface area (Å²) in [6, 6.07) is 9.90. The fourth-order valence-corrected chi connectivity index (χ4v) is 2.72. The SMILES string of the molecule is Cc1cc(Cl)ccc1OC(C)CNCc1cccs1. The van der Waals surface area contributed by atoms with E-state index in [0.717, 1.165) is 29.4 Å². The second-order valence-corrected chi connectivity index (χ2v) is 6.02. The van der Waals surface area contributed by atoms with E-state index in [4.69, 9.17) is 16.3 Å². The molecule has 0 amide bonds. The van der Waals surface area contributed by atoms with Gasteiger partial charge in [0.25, 0.3) is 0 Å². The molecule has 102 valence electrons. The third-order valence-corrected chi connectivity index (χ3v) is 3.89. The Labute approximate surface area is 123 Å². The molecule has 1 atom stereocenters. The standard InChI is InChI=1S/C15H18ClNOS/c1-11-8-13(16)5-6-15(11)18-12(2)9-17-10-14-4-3-7-19-14/h3-8,12,17H,9-10H2,1-2H3. The molecule has 19 heavy (non-hydrogen) atoms. The van der Waals surface area contributed by atoms with E-state index in [2.05, 4.69) is 29.8 Å². The van der Waals surface area contributed by atoms with Gasteiger partial charge in [-0.25, -0.2) is 0 Å². The number of ether oxygens (including phenoxy) is 1. The molecule has 0 saturated carbocycles. The van der Waals surface area contributed by atoms with Crippen LogP contribution in [-0.2, 0) is 6.54 Å². The van der Waals surface area contributed by atoms with Crippen LogP contribution in [0.2, 0.25) is 5.02 Å². The van der Waals surface area contributed by atoms with Crippen molar-refractivity contribution in [3.63, 3.8) is 0 Å². The first kappa shape index (κ1) is 14.4. The normalized spacial score (nSPS) is 12.4. The summed E-state index contributed by atoms with van der Waals surface area (Å²) in [4.78, 5) is 1.34. The minimum atomic E-state index is 0.125. The third kappa shape index (κ3) is 4.53. The highest BCUT2D eigenvalue weighted by molar-refractivity contribution is 7.09. The van der Waals surface area contributed by atoms with Gasteiger partial charge in [0, 0.05) is 23.0 Å². The summed E-state index contributed by atoms with van der Waals surface area (Å²) in [7, 11) is 0. The summed E-state index contributed by atoms with van der Waals surface area (Å²) in [6.07, 6.45) is 0.125. The summed E-state index contributed by atoms with van der Waals surface area (Å²) >= 11 is 7.69. The van der Waals surface area contributed by atoms with Gasteiger partial charge in [0.1, 0.15) is 11.9 Å².